The van der Waals surface area contributed by atoms with E-state index in [1.165, 1.54) is 26.7 Å². The van der Waals surface area contributed by atoms with Gasteiger partial charge in [-0.1, -0.05) is 68.2 Å². The van der Waals surface area contributed by atoms with Gasteiger partial charge in [0.05, 0.1) is 6.17 Å². The van der Waals surface area contributed by atoms with Crippen LogP contribution in [0.25, 0.3) is 0 Å². The molecule has 0 saturated heterocycles. The fourth-order valence-corrected chi connectivity index (χ4v) is 0. The first-order valence-corrected chi connectivity index (χ1v) is 8.60. The van der Waals surface area contributed by atoms with Crippen LogP contribution >= 0.6 is 11.6 Å². The molecule has 0 spiro atoms. The number of rotatable bonds is 1. The molecule has 0 aliphatic rings. The molecule has 0 N–H and O–H groups in total. The fourth-order valence-electron chi connectivity index (χ4n) is 0. The van der Waals surface area contributed by atoms with Gasteiger partial charge >= 0.3 is 0 Å². The molecule has 0 aromatic carbocycles. The van der Waals surface area contributed by atoms with Gasteiger partial charge in [-0.3, -0.25) is 0 Å². The fraction of sp³-hybridized carbons (Fsp3) is 1.00. The van der Waals surface area contributed by atoms with Crippen molar-refractivity contribution >= 4 is 11.6 Å². The lowest BCUT2D eigenvalue weighted by atomic mass is 10.2. The van der Waals surface area contributed by atoms with Crippen molar-refractivity contribution in [1.82, 2.24) is 0 Å². The van der Waals surface area contributed by atoms with E-state index in [4.69, 9.17) is 11.6 Å². The number of hydrogen-bond acceptors (Lipinski definition) is 0. The van der Waals surface area contributed by atoms with Crippen LogP contribution in [0.15, 0.2) is 0 Å². The predicted molar refractivity (Wildman–Crippen MR) is 98.8 cm³/mol. The Bertz CT molecular complexity index is 87.5. The highest BCUT2D eigenvalue weighted by molar-refractivity contribution is 6.20. The van der Waals surface area contributed by atoms with Crippen molar-refractivity contribution in [2.24, 2.45) is 11.8 Å². The standard InChI is InChI=1S/C5H12.C4H10.C3H7Cl.C3H7F.C3H8/c1-4-5(2)3;1-4(2)3;2*1-3(2)4;1-3-2/h5H,4H2,1-3H3;4H,1-3H3;2*3H,1-2H3;3H2,1-2H3. The maximum atomic E-state index is 11.0. The SMILES string of the molecule is CC(C)C.CC(C)Cl.CC(C)F.CCC.CCC(C)C. The summed E-state index contributed by atoms with van der Waals surface area (Å²) in [5.74, 6) is 1.72. The van der Waals surface area contributed by atoms with Crippen LogP contribution in [0.5, 0.6) is 0 Å². The Balaban J connectivity index is -0.0000000473. The van der Waals surface area contributed by atoms with Crippen LogP contribution in [-0.2, 0) is 0 Å². The van der Waals surface area contributed by atoms with Crippen molar-refractivity contribution in [1.29, 1.82) is 0 Å². The maximum absolute atomic E-state index is 11.0. The first-order chi connectivity index (χ1) is 8.88. The molecule has 0 aliphatic heterocycles. The lowest BCUT2D eigenvalue weighted by Gasteiger charge is -1.90. The summed E-state index contributed by atoms with van der Waals surface area (Å²) in [4.78, 5) is 0. The summed E-state index contributed by atoms with van der Waals surface area (Å²) in [5, 5.41) is 0.306. The molecule has 0 fully saturated rings. The average Bonchev–Trinajstić information content (AvgIpc) is 2.15. The van der Waals surface area contributed by atoms with Crippen molar-refractivity contribution in [3.63, 3.8) is 0 Å². The molecule has 130 valence electrons. The second-order valence-electron chi connectivity index (χ2n) is 6.27. The molecule has 0 nitrogen and oxygen atoms in total. The van der Waals surface area contributed by atoms with Crippen molar-refractivity contribution in [3.8, 4) is 0 Å². The van der Waals surface area contributed by atoms with Crippen molar-refractivity contribution < 1.29 is 4.39 Å². The van der Waals surface area contributed by atoms with E-state index in [0.717, 1.165) is 11.8 Å². The third kappa shape index (κ3) is 1100. The lowest BCUT2D eigenvalue weighted by molar-refractivity contribution is 0.391. The summed E-state index contributed by atoms with van der Waals surface area (Å²) >= 11 is 5.27. The molecule has 0 bridgehead atoms. The Hall–Kier alpha value is 0.220. The minimum Gasteiger partial charge on any atom is -0.248 e. The smallest absolute Gasteiger partial charge is 0.0945 e. The zero-order chi connectivity index (χ0) is 17.7. The maximum Gasteiger partial charge on any atom is 0.0945 e. The van der Waals surface area contributed by atoms with Crippen LogP contribution in [-0.4, -0.2) is 11.5 Å². The molecule has 0 aliphatic carbocycles. The summed E-state index contributed by atoms with van der Waals surface area (Å²) in [5.41, 5.74) is 0. The van der Waals surface area contributed by atoms with E-state index in [-0.39, 0.29) is 0 Å². The first kappa shape index (κ1) is 32.2. The molecule has 0 aromatic rings. The molecule has 2 heteroatoms. The summed E-state index contributed by atoms with van der Waals surface area (Å²) < 4.78 is 11.0. The van der Waals surface area contributed by atoms with E-state index in [1.54, 1.807) is 0 Å². The Kier molecular flexibility index (Phi) is 50.9. The van der Waals surface area contributed by atoms with Crippen molar-refractivity contribution in [2.75, 3.05) is 0 Å². The first-order valence-electron chi connectivity index (χ1n) is 8.16. The Morgan fingerprint density at radius 2 is 0.800 bits per heavy atom. The van der Waals surface area contributed by atoms with Gasteiger partial charge in [-0.25, -0.2) is 4.39 Å². The van der Waals surface area contributed by atoms with E-state index in [9.17, 15) is 4.39 Å². The normalized spacial score (nSPS) is 8.70. The quantitative estimate of drug-likeness (QED) is 0.428. The van der Waals surface area contributed by atoms with Crippen LogP contribution < -0.4 is 0 Å². The molecule has 0 saturated carbocycles. The van der Waals surface area contributed by atoms with Crippen LogP contribution in [0, 0.1) is 11.8 Å². The van der Waals surface area contributed by atoms with Gasteiger partial charge in [0.15, 0.2) is 0 Å². The van der Waals surface area contributed by atoms with Crippen LogP contribution in [0.1, 0.15) is 95.9 Å². The molecule has 0 amide bonds. The Morgan fingerprint density at radius 3 is 0.800 bits per heavy atom. The topological polar surface area (TPSA) is 0 Å². The Morgan fingerprint density at radius 1 is 0.750 bits per heavy atom. The number of halogens is 2. The second kappa shape index (κ2) is 31.6. The summed E-state index contributed by atoms with van der Waals surface area (Å²) in [6, 6.07) is 0. The minimum atomic E-state index is -0.667. The van der Waals surface area contributed by atoms with Crippen LogP contribution in [0.3, 0.4) is 0 Å². The van der Waals surface area contributed by atoms with Crippen molar-refractivity contribution in [3.05, 3.63) is 0 Å². The second-order valence-corrected chi connectivity index (χ2v) is 7.14. The molecule has 0 unspecified atom stereocenters. The summed E-state index contributed by atoms with van der Waals surface area (Å²) in [7, 11) is 0. The molecule has 0 radical (unpaired) electrons. The zero-order valence-electron chi connectivity index (χ0n) is 16.5. The van der Waals surface area contributed by atoms with Gasteiger partial charge < -0.3 is 0 Å². The molecule has 0 atom stereocenters. The molecule has 0 aromatic heterocycles. The highest BCUT2D eigenvalue weighted by atomic mass is 35.5. The van der Waals surface area contributed by atoms with E-state index in [1.807, 2.05) is 13.8 Å². The molecular weight excluding hydrogens is 271 g/mol. The summed E-state index contributed by atoms with van der Waals surface area (Å²) in [6.07, 6.45) is 1.89. The minimum absolute atomic E-state index is 0.306. The largest absolute Gasteiger partial charge is 0.248 e. The molecular formula is C18H44ClF. The van der Waals surface area contributed by atoms with Crippen LogP contribution in [0.2, 0.25) is 0 Å². The van der Waals surface area contributed by atoms with E-state index >= 15 is 0 Å². The van der Waals surface area contributed by atoms with Gasteiger partial charge in [-0.2, -0.15) is 0 Å². The highest BCUT2D eigenvalue weighted by Crippen LogP contribution is 1.93. The zero-order valence-corrected chi connectivity index (χ0v) is 17.2. The summed E-state index contributed by atoms with van der Waals surface area (Å²) in [6.45, 7) is 24.3. The van der Waals surface area contributed by atoms with Gasteiger partial charge in [-0.15, -0.1) is 11.6 Å². The lowest BCUT2D eigenvalue weighted by Crippen LogP contribution is -1.77. The monoisotopic (exact) mass is 314 g/mol. The van der Waals surface area contributed by atoms with Crippen LogP contribution in [0.4, 0.5) is 4.39 Å². The third-order valence-corrected chi connectivity index (χ3v) is 0.816. The average molecular weight is 315 g/mol. The van der Waals surface area contributed by atoms with Gasteiger partial charge in [-0.05, 0) is 39.5 Å². The number of hydrogen-bond donors (Lipinski definition) is 0. The van der Waals surface area contributed by atoms with Crippen molar-refractivity contribution in [2.45, 2.75) is 107 Å². The van der Waals surface area contributed by atoms with Gasteiger partial charge in [0.25, 0.3) is 0 Å². The molecule has 0 heterocycles. The van der Waals surface area contributed by atoms with Gasteiger partial charge in [0.2, 0.25) is 0 Å². The van der Waals surface area contributed by atoms with E-state index in [2.05, 4.69) is 55.4 Å². The number of alkyl halides is 2. The highest BCUT2D eigenvalue weighted by Gasteiger charge is 1.80. The molecule has 20 heavy (non-hydrogen) atoms. The van der Waals surface area contributed by atoms with Gasteiger partial charge in [0.1, 0.15) is 0 Å². The molecule has 0 rings (SSSR count). The van der Waals surface area contributed by atoms with Gasteiger partial charge in [0, 0.05) is 5.38 Å². The van der Waals surface area contributed by atoms with E-state index in [0.29, 0.717) is 5.38 Å². The Labute approximate surface area is 135 Å². The predicted octanol–water partition coefficient (Wildman–Crippen LogP) is 8.13. The third-order valence-electron chi connectivity index (χ3n) is 0.816. The van der Waals surface area contributed by atoms with E-state index < -0.39 is 6.17 Å².